The van der Waals surface area contributed by atoms with Crippen LogP contribution < -0.4 is 0 Å². The van der Waals surface area contributed by atoms with Crippen molar-refractivity contribution < 1.29 is 0 Å². The van der Waals surface area contributed by atoms with Crippen LogP contribution in [0.25, 0.3) is 0 Å². The van der Waals surface area contributed by atoms with Gasteiger partial charge in [0, 0.05) is 31.2 Å². The molecule has 4 heteroatoms. The SMILES string of the molecule is CCn1ccnc1C=NCCSC. The summed E-state index contributed by atoms with van der Waals surface area (Å²) >= 11 is 1.81. The molecule has 0 atom stereocenters. The number of aryl methyl sites for hydroxylation is 1. The fourth-order valence-electron chi connectivity index (χ4n) is 1.01. The lowest BCUT2D eigenvalue weighted by atomic mass is 10.6. The van der Waals surface area contributed by atoms with Gasteiger partial charge in [0.1, 0.15) is 0 Å². The Morgan fingerprint density at radius 3 is 3.23 bits per heavy atom. The van der Waals surface area contributed by atoms with E-state index in [1.165, 1.54) is 0 Å². The molecular formula is C9H15N3S. The van der Waals surface area contributed by atoms with Gasteiger partial charge >= 0.3 is 0 Å². The molecule has 13 heavy (non-hydrogen) atoms. The summed E-state index contributed by atoms with van der Waals surface area (Å²) < 4.78 is 2.07. The molecule has 1 heterocycles. The van der Waals surface area contributed by atoms with Crippen LogP contribution in [0, 0.1) is 0 Å². The van der Waals surface area contributed by atoms with Crippen molar-refractivity contribution in [3.05, 3.63) is 18.2 Å². The fourth-order valence-corrected chi connectivity index (χ4v) is 1.29. The van der Waals surface area contributed by atoms with Crippen LogP contribution >= 0.6 is 11.8 Å². The van der Waals surface area contributed by atoms with E-state index in [2.05, 4.69) is 27.7 Å². The van der Waals surface area contributed by atoms with E-state index >= 15 is 0 Å². The van der Waals surface area contributed by atoms with Crippen LogP contribution in [-0.4, -0.2) is 34.3 Å². The van der Waals surface area contributed by atoms with Crippen LogP contribution in [0.15, 0.2) is 17.4 Å². The standard InChI is InChI=1S/C9H15N3S/c1-3-12-6-4-11-9(12)8-10-5-7-13-2/h4,6,8H,3,5,7H2,1-2H3. The normalized spacial score (nSPS) is 11.2. The Kier molecular flexibility index (Phi) is 4.60. The summed E-state index contributed by atoms with van der Waals surface area (Å²) in [6, 6.07) is 0. The Labute approximate surface area is 83.3 Å². The van der Waals surface area contributed by atoms with Crippen molar-refractivity contribution in [3.63, 3.8) is 0 Å². The number of thioether (sulfide) groups is 1. The molecule has 0 amide bonds. The van der Waals surface area contributed by atoms with E-state index in [0.717, 1.165) is 24.7 Å². The molecule has 72 valence electrons. The van der Waals surface area contributed by atoms with E-state index in [1.54, 1.807) is 6.20 Å². The molecule has 0 bridgehead atoms. The highest BCUT2D eigenvalue weighted by Gasteiger charge is 1.94. The zero-order valence-corrected chi connectivity index (χ0v) is 8.92. The van der Waals surface area contributed by atoms with Crippen molar-refractivity contribution in [2.75, 3.05) is 18.6 Å². The molecule has 0 unspecified atom stereocenters. The lowest BCUT2D eigenvalue weighted by Crippen LogP contribution is -2.00. The number of imidazole rings is 1. The maximum Gasteiger partial charge on any atom is 0.150 e. The van der Waals surface area contributed by atoms with Gasteiger partial charge in [0.25, 0.3) is 0 Å². The molecule has 0 saturated carbocycles. The third-order valence-electron chi connectivity index (χ3n) is 1.72. The molecule has 0 aromatic carbocycles. The molecule has 1 aromatic heterocycles. The quantitative estimate of drug-likeness (QED) is 0.531. The number of aliphatic imine (C=N–C) groups is 1. The first-order chi connectivity index (χ1) is 6.38. The van der Waals surface area contributed by atoms with E-state index in [9.17, 15) is 0 Å². The molecular weight excluding hydrogens is 182 g/mol. The van der Waals surface area contributed by atoms with Crippen LogP contribution in [0.3, 0.4) is 0 Å². The van der Waals surface area contributed by atoms with Crippen molar-refractivity contribution in [3.8, 4) is 0 Å². The smallest absolute Gasteiger partial charge is 0.150 e. The van der Waals surface area contributed by atoms with Gasteiger partial charge in [-0.25, -0.2) is 4.98 Å². The predicted molar refractivity (Wildman–Crippen MR) is 58.7 cm³/mol. The van der Waals surface area contributed by atoms with Crippen molar-refractivity contribution >= 4 is 18.0 Å². The predicted octanol–water partition coefficient (Wildman–Crippen LogP) is 1.68. The molecule has 0 spiro atoms. The molecule has 3 nitrogen and oxygen atoms in total. The van der Waals surface area contributed by atoms with Gasteiger partial charge < -0.3 is 4.57 Å². The number of rotatable bonds is 5. The summed E-state index contributed by atoms with van der Waals surface area (Å²) in [6.45, 7) is 3.92. The van der Waals surface area contributed by atoms with E-state index in [4.69, 9.17) is 0 Å². The lowest BCUT2D eigenvalue weighted by Gasteiger charge is -1.97. The number of hydrogen-bond acceptors (Lipinski definition) is 3. The zero-order valence-electron chi connectivity index (χ0n) is 8.10. The van der Waals surface area contributed by atoms with Crippen LogP contribution in [0.4, 0.5) is 0 Å². The maximum absolute atomic E-state index is 4.28. The zero-order chi connectivity index (χ0) is 9.52. The second-order valence-corrected chi connectivity index (χ2v) is 3.59. The van der Waals surface area contributed by atoms with E-state index in [1.807, 2.05) is 24.2 Å². The maximum atomic E-state index is 4.28. The molecule has 0 radical (unpaired) electrons. The van der Waals surface area contributed by atoms with Gasteiger partial charge in [0.2, 0.25) is 0 Å². The highest BCUT2D eigenvalue weighted by atomic mass is 32.2. The molecule has 0 aliphatic heterocycles. The van der Waals surface area contributed by atoms with Gasteiger partial charge in [0.05, 0.1) is 6.21 Å². The molecule has 0 fully saturated rings. The molecule has 0 saturated heterocycles. The summed E-state index contributed by atoms with van der Waals surface area (Å²) in [5.74, 6) is 2.02. The van der Waals surface area contributed by atoms with Crippen molar-refractivity contribution in [1.82, 2.24) is 9.55 Å². The van der Waals surface area contributed by atoms with Crippen LogP contribution in [0.1, 0.15) is 12.7 Å². The largest absolute Gasteiger partial charge is 0.331 e. The van der Waals surface area contributed by atoms with Gasteiger partial charge in [-0.15, -0.1) is 0 Å². The Morgan fingerprint density at radius 1 is 1.69 bits per heavy atom. The minimum absolute atomic E-state index is 0.873. The summed E-state index contributed by atoms with van der Waals surface area (Å²) in [7, 11) is 0. The fraction of sp³-hybridized carbons (Fsp3) is 0.556. The molecule has 0 aliphatic rings. The summed E-state index contributed by atoms with van der Waals surface area (Å²) in [5.41, 5.74) is 0. The van der Waals surface area contributed by atoms with Crippen molar-refractivity contribution in [2.24, 2.45) is 4.99 Å². The highest BCUT2D eigenvalue weighted by Crippen LogP contribution is 1.94. The van der Waals surface area contributed by atoms with Crippen molar-refractivity contribution in [2.45, 2.75) is 13.5 Å². The summed E-state index contributed by atoms with van der Waals surface area (Å²) in [4.78, 5) is 8.47. The Morgan fingerprint density at radius 2 is 2.54 bits per heavy atom. The monoisotopic (exact) mass is 197 g/mol. The number of aromatic nitrogens is 2. The van der Waals surface area contributed by atoms with Gasteiger partial charge in [-0.1, -0.05) is 0 Å². The Hall–Kier alpha value is -0.770. The molecule has 1 rings (SSSR count). The number of nitrogens with zero attached hydrogens (tertiary/aromatic N) is 3. The van der Waals surface area contributed by atoms with Gasteiger partial charge in [-0.3, -0.25) is 4.99 Å². The first-order valence-electron chi connectivity index (χ1n) is 4.38. The molecule has 1 aromatic rings. The first kappa shape index (κ1) is 10.3. The first-order valence-corrected chi connectivity index (χ1v) is 5.77. The average Bonchev–Trinajstić information content (AvgIpc) is 2.60. The van der Waals surface area contributed by atoms with Gasteiger partial charge in [-0.05, 0) is 13.2 Å². The summed E-state index contributed by atoms with van der Waals surface area (Å²) in [6.07, 6.45) is 7.71. The second-order valence-electron chi connectivity index (χ2n) is 2.60. The van der Waals surface area contributed by atoms with Crippen LogP contribution in [-0.2, 0) is 6.54 Å². The molecule has 0 N–H and O–H groups in total. The van der Waals surface area contributed by atoms with Crippen LogP contribution in [0.5, 0.6) is 0 Å². The van der Waals surface area contributed by atoms with E-state index in [0.29, 0.717) is 0 Å². The van der Waals surface area contributed by atoms with Crippen molar-refractivity contribution in [1.29, 1.82) is 0 Å². The van der Waals surface area contributed by atoms with Gasteiger partial charge in [-0.2, -0.15) is 11.8 Å². The average molecular weight is 197 g/mol. The third kappa shape index (κ3) is 3.22. The van der Waals surface area contributed by atoms with Gasteiger partial charge in [0.15, 0.2) is 5.82 Å². The minimum atomic E-state index is 0.873. The van der Waals surface area contributed by atoms with Crippen LogP contribution in [0.2, 0.25) is 0 Å². The lowest BCUT2D eigenvalue weighted by molar-refractivity contribution is 0.755. The second kappa shape index (κ2) is 5.80. The third-order valence-corrected chi connectivity index (χ3v) is 2.31. The topological polar surface area (TPSA) is 30.2 Å². The van der Waals surface area contributed by atoms with E-state index < -0.39 is 0 Å². The van der Waals surface area contributed by atoms with E-state index in [-0.39, 0.29) is 0 Å². The minimum Gasteiger partial charge on any atom is -0.331 e. The highest BCUT2D eigenvalue weighted by molar-refractivity contribution is 7.98. The Balaban J connectivity index is 2.47. The molecule has 0 aliphatic carbocycles. The summed E-state index contributed by atoms with van der Waals surface area (Å²) in [5, 5.41) is 0. The number of hydrogen-bond donors (Lipinski definition) is 0. The Bertz CT molecular complexity index is 268.